The average Bonchev–Trinajstić information content (AvgIpc) is 2.65. The lowest BCUT2D eigenvalue weighted by molar-refractivity contribution is 0.237. The van der Waals surface area contributed by atoms with E-state index in [0.29, 0.717) is 6.54 Å². The van der Waals surface area contributed by atoms with Crippen LogP contribution >= 0.6 is 0 Å². The van der Waals surface area contributed by atoms with Crippen molar-refractivity contribution in [1.82, 2.24) is 10.6 Å². The summed E-state index contributed by atoms with van der Waals surface area (Å²) in [6.07, 6.45) is 0. The van der Waals surface area contributed by atoms with Gasteiger partial charge in [-0.3, -0.25) is 0 Å². The van der Waals surface area contributed by atoms with E-state index in [-0.39, 0.29) is 5.56 Å². The first-order chi connectivity index (χ1) is 13.0. The highest BCUT2D eigenvalue weighted by atomic mass is 19.1. The van der Waals surface area contributed by atoms with Crippen LogP contribution in [0, 0.1) is 11.6 Å². The molecule has 3 rings (SSSR count). The van der Waals surface area contributed by atoms with Gasteiger partial charge in [0.15, 0.2) is 0 Å². The van der Waals surface area contributed by atoms with Gasteiger partial charge in [-0.1, -0.05) is 24.3 Å². The van der Waals surface area contributed by atoms with Crippen LogP contribution < -0.4 is 15.4 Å². The van der Waals surface area contributed by atoms with Crippen molar-refractivity contribution in [3.63, 3.8) is 0 Å². The lowest BCUT2D eigenvalue weighted by Crippen LogP contribution is -2.36. The predicted octanol–water partition coefficient (Wildman–Crippen LogP) is 4.69. The first-order valence-corrected chi connectivity index (χ1v) is 8.52. The molecule has 3 aromatic carbocycles. The highest BCUT2D eigenvalue weighted by molar-refractivity contribution is 5.84. The van der Waals surface area contributed by atoms with Gasteiger partial charge >= 0.3 is 6.03 Å². The van der Waals surface area contributed by atoms with Crippen molar-refractivity contribution in [1.29, 1.82) is 0 Å². The maximum atomic E-state index is 13.8. The number of ether oxygens (including phenoxy) is 1. The van der Waals surface area contributed by atoms with Crippen LogP contribution in [-0.2, 0) is 6.54 Å². The standard InChI is InChI=1S/C21H20F2N2O2/c1-13(19-8-6-17(22)11-20(19)23)25-21(26)24-12-14-3-4-16-10-18(27-2)7-5-15(16)9-14/h3-11,13H,12H2,1-2H3,(H2,24,25,26)/t13-/m0/s1. The van der Waals surface area contributed by atoms with Crippen molar-refractivity contribution >= 4 is 16.8 Å². The molecule has 3 aromatic rings. The number of hydrogen-bond acceptors (Lipinski definition) is 2. The van der Waals surface area contributed by atoms with Gasteiger partial charge in [-0.05, 0) is 47.5 Å². The first kappa shape index (κ1) is 18.6. The van der Waals surface area contributed by atoms with Gasteiger partial charge in [0.1, 0.15) is 17.4 Å². The number of benzene rings is 3. The number of halogens is 2. The Morgan fingerprint density at radius 1 is 1.04 bits per heavy atom. The van der Waals surface area contributed by atoms with Gasteiger partial charge in [0.05, 0.1) is 13.2 Å². The van der Waals surface area contributed by atoms with Gasteiger partial charge in [-0.25, -0.2) is 13.6 Å². The molecular formula is C21H20F2N2O2. The maximum absolute atomic E-state index is 13.8. The molecule has 0 bridgehead atoms. The summed E-state index contributed by atoms with van der Waals surface area (Å²) in [4.78, 5) is 12.1. The largest absolute Gasteiger partial charge is 0.497 e. The zero-order chi connectivity index (χ0) is 19.4. The van der Waals surface area contributed by atoms with E-state index in [1.165, 1.54) is 12.1 Å². The zero-order valence-electron chi connectivity index (χ0n) is 15.1. The van der Waals surface area contributed by atoms with E-state index in [1.54, 1.807) is 14.0 Å². The Labute approximate surface area is 156 Å². The van der Waals surface area contributed by atoms with Crippen molar-refractivity contribution in [3.8, 4) is 5.75 Å². The number of urea groups is 1. The van der Waals surface area contributed by atoms with Crippen LogP contribution in [0.2, 0.25) is 0 Å². The number of nitrogens with one attached hydrogen (secondary N) is 2. The molecule has 4 nitrogen and oxygen atoms in total. The Hall–Kier alpha value is -3.15. The van der Waals surface area contributed by atoms with Crippen molar-refractivity contribution < 1.29 is 18.3 Å². The number of carbonyl (C=O) groups is 1. The fourth-order valence-electron chi connectivity index (χ4n) is 2.87. The van der Waals surface area contributed by atoms with Crippen LogP contribution in [0.25, 0.3) is 10.8 Å². The minimum atomic E-state index is -0.687. The third-order valence-corrected chi connectivity index (χ3v) is 4.34. The predicted molar refractivity (Wildman–Crippen MR) is 101 cm³/mol. The molecule has 0 spiro atoms. The SMILES string of the molecule is COc1ccc2cc(CNC(=O)N[C@@H](C)c3ccc(F)cc3F)ccc2c1. The second-order valence-corrected chi connectivity index (χ2v) is 6.26. The third kappa shape index (κ3) is 4.53. The number of amides is 2. The minimum absolute atomic E-state index is 0.228. The van der Waals surface area contributed by atoms with Crippen molar-refractivity contribution in [2.24, 2.45) is 0 Å². The average molecular weight is 370 g/mol. The molecule has 1 atom stereocenters. The van der Waals surface area contributed by atoms with Crippen LogP contribution in [0.3, 0.4) is 0 Å². The molecule has 0 heterocycles. The van der Waals surface area contributed by atoms with Gasteiger partial charge < -0.3 is 15.4 Å². The molecule has 0 aliphatic heterocycles. The van der Waals surface area contributed by atoms with Gasteiger partial charge in [-0.2, -0.15) is 0 Å². The topological polar surface area (TPSA) is 50.4 Å². The smallest absolute Gasteiger partial charge is 0.315 e. The number of hydrogen-bond donors (Lipinski definition) is 2. The minimum Gasteiger partial charge on any atom is -0.497 e. The van der Waals surface area contributed by atoms with Crippen LogP contribution in [0.4, 0.5) is 13.6 Å². The lowest BCUT2D eigenvalue weighted by atomic mass is 10.1. The Bertz CT molecular complexity index is 976. The van der Waals surface area contributed by atoms with E-state index >= 15 is 0 Å². The summed E-state index contributed by atoms with van der Waals surface area (Å²) in [6, 6.07) is 13.9. The summed E-state index contributed by atoms with van der Waals surface area (Å²) in [5.41, 5.74) is 1.16. The van der Waals surface area contributed by atoms with Crippen LogP contribution in [0.5, 0.6) is 5.75 Å². The molecule has 0 aliphatic carbocycles. The van der Waals surface area contributed by atoms with Crippen LogP contribution in [-0.4, -0.2) is 13.1 Å². The number of carbonyl (C=O) groups excluding carboxylic acids is 1. The fraction of sp³-hybridized carbons (Fsp3) is 0.190. The van der Waals surface area contributed by atoms with E-state index in [1.807, 2.05) is 36.4 Å². The van der Waals surface area contributed by atoms with Gasteiger partial charge in [-0.15, -0.1) is 0 Å². The van der Waals surface area contributed by atoms with Crippen molar-refractivity contribution in [3.05, 3.63) is 77.4 Å². The van der Waals surface area contributed by atoms with Gasteiger partial charge in [0.25, 0.3) is 0 Å². The molecule has 0 saturated carbocycles. The molecule has 2 amide bonds. The molecule has 6 heteroatoms. The second kappa shape index (κ2) is 8.03. The molecular weight excluding hydrogens is 350 g/mol. The molecule has 0 aliphatic rings. The van der Waals surface area contributed by atoms with E-state index in [4.69, 9.17) is 4.74 Å². The molecule has 27 heavy (non-hydrogen) atoms. The highest BCUT2D eigenvalue weighted by Gasteiger charge is 2.14. The van der Waals surface area contributed by atoms with E-state index < -0.39 is 23.7 Å². The summed E-state index contributed by atoms with van der Waals surface area (Å²) >= 11 is 0. The third-order valence-electron chi connectivity index (χ3n) is 4.34. The summed E-state index contributed by atoms with van der Waals surface area (Å²) < 4.78 is 32.0. The number of methoxy groups -OCH3 is 1. The van der Waals surface area contributed by atoms with Crippen molar-refractivity contribution in [2.45, 2.75) is 19.5 Å². The normalized spacial score (nSPS) is 11.9. The van der Waals surface area contributed by atoms with E-state index in [9.17, 15) is 13.6 Å². The Kier molecular flexibility index (Phi) is 5.54. The Morgan fingerprint density at radius 2 is 1.78 bits per heavy atom. The number of fused-ring (bicyclic) bond motifs is 1. The quantitative estimate of drug-likeness (QED) is 0.685. The molecule has 2 N–H and O–H groups in total. The Morgan fingerprint density at radius 3 is 2.52 bits per heavy atom. The molecule has 0 unspecified atom stereocenters. The second-order valence-electron chi connectivity index (χ2n) is 6.26. The van der Waals surface area contributed by atoms with E-state index in [0.717, 1.165) is 28.2 Å². The molecule has 0 saturated heterocycles. The molecule has 0 aromatic heterocycles. The number of rotatable bonds is 5. The lowest BCUT2D eigenvalue weighted by Gasteiger charge is -2.16. The van der Waals surface area contributed by atoms with Gasteiger partial charge in [0.2, 0.25) is 0 Å². The first-order valence-electron chi connectivity index (χ1n) is 8.52. The van der Waals surface area contributed by atoms with Crippen LogP contribution in [0.1, 0.15) is 24.1 Å². The fourth-order valence-corrected chi connectivity index (χ4v) is 2.87. The zero-order valence-corrected chi connectivity index (χ0v) is 15.1. The van der Waals surface area contributed by atoms with Gasteiger partial charge in [0, 0.05) is 18.2 Å². The summed E-state index contributed by atoms with van der Waals surface area (Å²) in [5.74, 6) is -0.552. The maximum Gasteiger partial charge on any atom is 0.315 e. The summed E-state index contributed by atoms with van der Waals surface area (Å²) in [7, 11) is 1.62. The molecule has 0 fully saturated rings. The summed E-state index contributed by atoms with van der Waals surface area (Å²) in [5, 5.41) is 7.48. The highest BCUT2D eigenvalue weighted by Crippen LogP contribution is 2.22. The van der Waals surface area contributed by atoms with Crippen LogP contribution in [0.15, 0.2) is 54.6 Å². The van der Waals surface area contributed by atoms with E-state index in [2.05, 4.69) is 10.6 Å². The van der Waals surface area contributed by atoms with Crippen molar-refractivity contribution in [2.75, 3.05) is 7.11 Å². The monoisotopic (exact) mass is 370 g/mol. The molecule has 140 valence electrons. The molecule has 0 radical (unpaired) electrons. The Balaban J connectivity index is 1.60. The summed E-state index contributed by atoms with van der Waals surface area (Å²) in [6.45, 7) is 1.96.